The molecule has 3 heterocycles. The molecule has 194 valence electrons. The molecule has 7 heteroatoms. The number of nitrogens with zero attached hydrogens (tertiary/aromatic N) is 3. The average molecular weight is 524 g/mol. The molecule has 0 saturated carbocycles. The molecule has 0 aliphatic carbocycles. The standard InChI is InChI=1S/C31H33N5OS/c1-4-23-12-8-9-15-26(23)33-28(37)17-19-35-30(29(34-31(35)38)27-16-10-11-18-32-27)25-20-21(2)36(22(25)3)24-13-6-5-7-14-24/h5-16,18,20,29-30H,4,17,19H2,1-3H3,(H,33,37)(H,34,38)/t29-,30+/m1/s1. The van der Waals surface area contributed by atoms with Crippen LogP contribution in [0.25, 0.3) is 5.69 Å². The average Bonchev–Trinajstić information content (AvgIpc) is 3.42. The number of para-hydroxylation sites is 2. The lowest BCUT2D eigenvalue weighted by atomic mass is 9.96. The first-order chi connectivity index (χ1) is 18.5. The summed E-state index contributed by atoms with van der Waals surface area (Å²) in [7, 11) is 0. The Kier molecular flexibility index (Phi) is 7.56. The molecular formula is C31H33N5OS. The van der Waals surface area contributed by atoms with Crippen molar-refractivity contribution in [2.24, 2.45) is 0 Å². The van der Waals surface area contributed by atoms with Gasteiger partial charge in [-0.05, 0) is 80.0 Å². The Bertz CT molecular complexity index is 1430. The Labute approximate surface area is 229 Å². The fourth-order valence-corrected chi connectivity index (χ4v) is 5.76. The molecule has 1 amide bonds. The first kappa shape index (κ1) is 25.7. The summed E-state index contributed by atoms with van der Waals surface area (Å²) >= 11 is 5.84. The Morgan fingerprint density at radius 1 is 1.03 bits per heavy atom. The molecule has 5 rings (SSSR count). The van der Waals surface area contributed by atoms with E-state index in [1.807, 2.05) is 54.7 Å². The molecule has 4 aromatic rings. The number of thiocarbonyl (C=S) groups is 1. The van der Waals surface area contributed by atoms with Gasteiger partial charge in [0, 0.05) is 41.9 Å². The Balaban J connectivity index is 1.45. The molecule has 0 radical (unpaired) electrons. The van der Waals surface area contributed by atoms with E-state index in [2.05, 4.69) is 76.2 Å². The highest BCUT2D eigenvalue weighted by Gasteiger charge is 2.41. The van der Waals surface area contributed by atoms with Crippen LogP contribution in [0, 0.1) is 13.8 Å². The van der Waals surface area contributed by atoms with Crippen LogP contribution in [0.1, 0.15) is 53.6 Å². The minimum Gasteiger partial charge on any atom is -0.352 e. The lowest BCUT2D eigenvalue weighted by Crippen LogP contribution is -2.33. The lowest BCUT2D eigenvalue weighted by Gasteiger charge is -2.28. The van der Waals surface area contributed by atoms with Gasteiger partial charge in [0.15, 0.2) is 5.11 Å². The van der Waals surface area contributed by atoms with Gasteiger partial charge in [0.1, 0.15) is 0 Å². The normalized spacial score (nSPS) is 16.9. The van der Waals surface area contributed by atoms with E-state index in [1.165, 1.54) is 5.56 Å². The number of aryl methyl sites for hydroxylation is 2. The van der Waals surface area contributed by atoms with E-state index < -0.39 is 0 Å². The van der Waals surface area contributed by atoms with Gasteiger partial charge < -0.3 is 20.1 Å². The molecule has 38 heavy (non-hydrogen) atoms. The molecule has 2 aromatic carbocycles. The number of pyridine rings is 1. The smallest absolute Gasteiger partial charge is 0.226 e. The van der Waals surface area contributed by atoms with Crippen molar-refractivity contribution >= 4 is 28.9 Å². The number of carbonyl (C=O) groups is 1. The van der Waals surface area contributed by atoms with Crippen LogP contribution < -0.4 is 10.6 Å². The van der Waals surface area contributed by atoms with Crippen molar-refractivity contribution in [3.63, 3.8) is 0 Å². The lowest BCUT2D eigenvalue weighted by molar-refractivity contribution is -0.116. The number of benzene rings is 2. The highest BCUT2D eigenvalue weighted by molar-refractivity contribution is 7.80. The summed E-state index contributed by atoms with van der Waals surface area (Å²) < 4.78 is 2.28. The second-order valence-electron chi connectivity index (χ2n) is 9.63. The van der Waals surface area contributed by atoms with Gasteiger partial charge in [-0.1, -0.05) is 49.4 Å². The first-order valence-electron chi connectivity index (χ1n) is 13.1. The van der Waals surface area contributed by atoms with Crippen LogP contribution in [0.3, 0.4) is 0 Å². The van der Waals surface area contributed by atoms with Crippen LogP contribution in [0.5, 0.6) is 0 Å². The van der Waals surface area contributed by atoms with Gasteiger partial charge in [-0.2, -0.15) is 0 Å². The number of nitrogens with one attached hydrogen (secondary N) is 2. The number of hydrogen-bond acceptors (Lipinski definition) is 3. The van der Waals surface area contributed by atoms with Crippen molar-refractivity contribution < 1.29 is 4.79 Å². The Morgan fingerprint density at radius 2 is 1.76 bits per heavy atom. The summed E-state index contributed by atoms with van der Waals surface area (Å²) in [5.74, 6) is -0.0245. The summed E-state index contributed by atoms with van der Waals surface area (Å²) in [5, 5.41) is 7.24. The zero-order chi connectivity index (χ0) is 26.6. The number of hydrogen-bond donors (Lipinski definition) is 2. The minimum atomic E-state index is -0.127. The van der Waals surface area contributed by atoms with Crippen LogP contribution in [-0.2, 0) is 11.2 Å². The Hall–Kier alpha value is -3.97. The van der Waals surface area contributed by atoms with E-state index in [0.29, 0.717) is 18.1 Å². The van der Waals surface area contributed by atoms with Crippen LogP contribution in [0.2, 0.25) is 0 Å². The zero-order valence-electron chi connectivity index (χ0n) is 22.0. The zero-order valence-corrected chi connectivity index (χ0v) is 22.8. The first-order valence-corrected chi connectivity index (χ1v) is 13.5. The van der Waals surface area contributed by atoms with E-state index in [9.17, 15) is 4.79 Å². The van der Waals surface area contributed by atoms with Crippen LogP contribution in [-0.4, -0.2) is 32.0 Å². The quantitative estimate of drug-likeness (QED) is 0.275. The summed E-state index contributed by atoms with van der Waals surface area (Å²) in [4.78, 5) is 19.8. The van der Waals surface area contributed by atoms with Crippen molar-refractivity contribution in [3.05, 3.63) is 113 Å². The number of anilines is 1. The maximum absolute atomic E-state index is 13.0. The predicted molar refractivity (Wildman–Crippen MR) is 156 cm³/mol. The number of carbonyl (C=O) groups excluding carboxylic acids is 1. The van der Waals surface area contributed by atoms with Crippen LogP contribution >= 0.6 is 12.2 Å². The van der Waals surface area contributed by atoms with Gasteiger partial charge in [-0.3, -0.25) is 9.78 Å². The van der Waals surface area contributed by atoms with Gasteiger partial charge in [0.25, 0.3) is 0 Å². The van der Waals surface area contributed by atoms with Crippen LogP contribution in [0.15, 0.2) is 85.1 Å². The third-order valence-electron chi connectivity index (χ3n) is 7.25. The topological polar surface area (TPSA) is 62.2 Å². The number of aromatic nitrogens is 2. The highest BCUT2D eigenvalue weighted by atomic mass is 32.1. The fourth-order valence-electron chi connectivity index (χ4n) is 5.43. The largest absolute Gasteiger partial charge is 0.352 e. The van der Waals surface area contributed by atoms with E-state index in [-0.39, 0.29) is 18.0 Å². The van der Waals surface area contributed by atoms with E-state index >= 15 is 0 Å². The predicted octanol–water partition coefficient (Wildman–Crippen LogP) is 6.05. The highest BCUT2D eigenvalue weighted by Crippen LogP contribution is 2.41. The molecular weight excluding hydrogens is 490 g/mol. The molecule has 0 bridgehead atoms. The molecule has 2 N–H and O–H groups in total. The summed E-state index contributed by atoms with van der Waals surface area (Å²) in [5.41, 5.74) is 7.51. The maximum Gasteiger partial charge on any atom is 0.226 e. The second kappa shape index (κ2) is 11.2. The second-order valence-corrected chi connectivity index (χ2v) is 10.0. The van der Waals surface area contributed by atoms with E-state index in [1.54, 1.807) is 0 Å². The molecule has 2 atom stereocenters. The van der Waals surface area contributed by atoms with Crippen molar-refractivity contribution in [3.8, 4) is 5.69 Å². The van der Waals surface area contributed by atoms with Gasteiger partial charge in [0.2, 0.25) is 5.91 Å². The maximum atomic E-state index is 13.0. The molecule has 0 spiro atoms. The molecule has 1 aliphatic heterocycles. The van der Waals surface area contributed by atoms with Gasteiger partial charge in [-0.15, -0.1) is 0 Å². The summed E-state index contributed by atoms with van der Waals surface area (Å²) in [6.07, 6.45) is 3.00. The number of amides is 1. The summed E-state index contributed by atoms with van der Waals surface area (Å²) in [6, 6.07) is 26.3. The van der Waals surface area contributed by atoms with Gasteiger partial charge in [-0.25, -0.2) is 0 Å². The van der Waals surface area contributed by atoms with Gasteiger partial charge >= 0.3 is 0 Å². The molecule has 1 saturated heterocycles. The molecule has 1 fully saturated rings. The van der Waals surface area contributed by atoms with Crippen LogP contribution in [0.4, 0.5) is 5.69 Å². The van der Waals surface area contributed by atoms with Crippen molar-refractivity contribution in [1.29, 1.82) is 0 Å². The molecule has 2 aromatic heterocycles. The molecule has 0 unspecified atom stereocenters. The van der Waals surface area contributed by atoms with E-state index in [4.69, 9.17) is 12.2 Å². The van der Waals surface area contributed by atoms with Crippen molar-refractivity contribution in [2.45, 2.75) is 45.7 Å². The van der Waals surface area contributed by atoms with E-state index in [0.717, 1.165) is 40.4 Å². The van der Waals surface area contributed by atoms with Crippen molar-refractivity contribution in [1.82, 2.24) is 19.8 Å². The Morgan fingerprint density at radius 3 is 2.50 bits per heavy atom. The molecule has 6 nitrogen and oxygen atoms in total. The monoisotopic (exact) mass is 523 g/mol. The fraction of sp³-hybridized carbons (Fsp3) is 0.258. The number of rotatable bonds is 8. The van der Waals surface area contributed by atoms with Gasteiger partial charge in [0.05, 0.1) is 17.8 Å². The molecule has 1 aliphatic rings. The van der Waals surface area contributed by atoms with Crippen molar-refractivity contribution in [2.75, 3.05) is 11.9 Å². The SMILES string of the molecule is CCc1ccccc1NC(=O)CCN1C(=S)N[C@H](c2ccccn2)[C@@H]1c1cc(C)n(-c2ccccc2)c1C. The third-order valence-corrected chi connectivity index (χ3v) is 7.61. The summed E-state index contributed by atoms with van der Waals surface area (Å²) in [6.45, 7) is 6.87. The third kappa shape index (κ3) is 5.07. The minimum absolute atomic E-state index is 0.0245.